The highest BCUT2D eigenvalue weighted by molar-refractivity contribution is 6.35. The van der Waals surface area contributed by atoms with Crippen LogP contribution in [0.15, 0.2) is 18.2 Å². The van der Waals surface area contributed by atoms with Gasteiger partial charge in [-0.3, -0.25) is 4.79 Å². The summed E-state index contributed by atoms with van der Waals surface area (Å²) in [6, 6.07) is 4.22. The van der Waals surface area contributed by atoms with E-state index in [-0.39, 0.29) is 18.0 Å². The van der Waals surface area contributed by atoms with Crippen molar-refractivity contribution >= 4 is 40.8 Å². The number of anilines is 1. The minimum absolute atomic E-state index is 0.200. The van der Waals surface area contributed by atoms with Crippen LogP contribution in [0.1, 0.15) is 19.8 Å². The highest BCUT2D eigenvalue weighted by atomic mass is 35.5. The van der Waals surface area contributed by atoms with Gasteiger partial charge >= 0.3 is 6.03 Å². The van der Waals surface area contributed by atoms with Gasteiger partial charge in [-0.15, -0.1) is 0 Å². The van der Waals surface area contributed by atoms with Crippen molar-refractivity contribution in [2.45, 2.75) is 31.8 Å². The van der Waals surface area contributed by atoms with Crippen LogP contribution in [-0.4, -0.2) is 28.9 Å². The first-order valence-electron chi connectivity index (χ1n) is 6.11. The third kappa shape index (κ3) is 2.09. The average Bonchev–Trinajstić information content (AvgIpc) is 3.09. The first-order valence-corrected chi connectivity index (χ1v) is 6.87. The summed E-state index contributed by atoms with van der Waals surface area (Å²) in [4.78, 5) is 27.5. The fourth-order valence-corrected chi connectivity index (χ4v) is 2.93. The summed E-state index contributed by atoms with van der Waals surface area (Å²) in [5, 5.41) is 0.807. The molecule has 1 aromatic carbocycles. The Morgan fingerprint density at radius 1 is 1.11 bits per heavy atom. The fourth-order valence-electron chi connectivity index (χ4n) is 2.41. The Hall–Kier alpha value is -1.26. The van der Waals surface area contributed by atoms with Crippen LogP contribution in [0.25, 0.3) is 0 Å². The number of hydrogen-bond acceptors (Lipinski definition) is 2. The zero-order valence-electron chi connectivity index (χ0n) is 10.3. The molecule has 2 aliphatic rings. The summed E-state index contributed by atoms with van der Waals surface area (Å²) in [5.41, 5.74) is 0.433. The SMILES string of the molecule is CC1C(=O)N(c2cc(Cl)cc(Cl)c2)C(=O)N1C1CC1. The third-order valence-electron chi connectivity index (χ3n) is 3.45. The molecule has 3 amide bonds. The molecule has 0 spiro atoms. The fraction of sp³-hybridized carbons (Fsp3) is 0.385. The predicted octanol–water partition coefficient (Wildman–Crippen LogP) is 3.31. The molecule has 2 fully saturated rings. The zero-order chi connectivity index (χ0) is 13.7. The number of halogens is 2. The number of nitrogens with zero attached hydrogens (tertiary/aromatic N) is 2. The molecule has 0 bridgehead atoms. The molecule has 1 heterocycles. The highest BCUT2D eigenvalue weighted by Gasteiger charge is 2.49. The van der Waals surface area contributed by atoms with Crippen LogP contribution >= 0.6 is 23.2 Å². The van der Waals surface area contributed by atoms with Crippen molar-refractivity contribution in [3.63, 3.8) is 0 Å². The highest BCUT2D eigenvalue weighted by Crippen LogP contribution is 2.36. The number of hydrogen-bond donors (Lipinski definition) is 0. The van der Waals surface area contributed by atoms with E-state index in [0.717, 1.165) is 12.8 Å². The first kappa shape index (κ1) is 12.8. The van der Waals surface area contributed by atoms with Crippen LogP contribution < -0.4 is 4.90 Å². The largest absolute Gasteiger partial charge is 0.332 e. The van der Waals surface area contributed by atoms with Gasteiger partial charge in [0.2, 0.25) is 0 Å². The maximum Gasteiger partial charge on any atom is 0.332 e. The number of amides is 3. The van der Waals surface area contributed by atoms with Gasteiger partial charge in [-0.2, -0.15) is 0 Å². The molecule has 0 N–H and O–H groups in total. The summed E-state index contributed by atoms with van der Waals surface area (Å²) in [6.07, 6.45) is 1.93. The number of benzene rings is 1. The molecule has 1 aliphatic carbocycles. The molecule has 1 saturated carbocycles. The van der Waals surface area contributed by atoms with Gasteiger partial charge in [-0.1, -0.05) is 23.2 Å². The number of imide groups is 1. The third-order valence-corrected chi connectivity index (χ3v) is 3.89. The van der Waals surface area contributed by atoms with Gasteiger partial charge in [0.15, 0.2) is 0 Å². The van der Waals surface area contributed by atoms with Crippen LogP contribution in [0.5, 0.6) is 0 Å². The van der Waals surface area contributed by atoms with Gasteiger partial charge in [-0.05, 0) is 38.0 Å². The van der Waals surface area contributed by atoms with Gasteiger partial charge in [-0.25, -0.2) is 9.69 Å². The molecule has 1 unspecified atom stereocenters. The van der Waals surface area contributed by atoms with E-state index >= 15 is 0 Å². The van der Waals surface area contributed by atoms with E-state index in [4.69, 9.17) is 23.2 Å². The number of rotatable bonds is 2. The lowest BCUT2D eigenvalue weighted by Crippen LogP contribution is -2.35. The Bertz CT molecular complexity index is 552. The molecule has 1 saturated heterocycles. The molecule has 1 atom stereocenters. The van der Waals surface area contributed by atoms with E-state index in [2.05, 4.69) is 0 Å². The van der Waals surface area contributed by atoms with Crippen molar-refractivity contribution < 1.29 is 9.59 Å². The van der Waals surface area contributed by atoms with Gasteiger partial charge in [0.25, 0.3) is 5.91 Å². The smallest absolute Gasteiger partial charge is 0.309 e. The molecule has 19 heavy (non-hydrogen) atoms. The van der Waals surface area contributed by atoms with Gasteiger partial charge in [0, 0.05) is 16.1 Å². The van der Waals surface area contributed by atoms with Crippen LogP contribution in [0.3, 0.4) is 0 Å². The van der Waals surface area contributed by atoms with Crippen molar-refractivity contribution in [2.75, 3.05) is 4.90 Å². The average molecular weight is 299 g/mol. The Labute approximate surface area is 120 Å². The van der Waals surface area contributed by atoms with E-state index in [1.165, 1.54) is 4.90 Å². The van der Waals surface area contributed by atoms with Crippen molar-refractivity contribution in [3.8, 4) is 0 Å². The maximum atomic E-state index is 12.4. The van der Waals surface area contributed by atoms with E-state index < -0.39 is 6.04 Å². The monoisotopic (exact) mass is 298 g/mol. The minimum Gasteiger partial charge on any atom is -0.309 e. The van der Waals surface area contributed by atoms with Gasteiger partial charge < -0.3 is 4.90 Å². The molecule has 100 valence electrons. The molecule has 0 aromatic heterocycles. The van der Waals surface area contributed by atoms with Crippen molar-refractivity contribution in [2.24, 2.45) is 0 Å². The predicted molar refractivity (Wildman–Crippen MR) is 73.7 cm³/mol. The molecular weight excluding hydrogens is 287 g/mol. The zero-order valence-corrected chi connectivity index (χ0v) is 11.8. The van der Waals surface area contributed by atoms with E-state index in [1.54, 1.807) is 30.0 Å². The lowest BCUT2D eigenvalue weighted by Gasteiger charge is -2.18. The van der Waals surface area contributed by atoms with Crippen molar-refractivity contribution in [1.29, 1.82) is 0 Å². The second kappa shape index (κ2) is 4.39. The summed E-state index contributed by atoms with van der Waals surface area (Å²) in [6.45, 7) is 1.75. The Kier molecular flexibility index (Phi) is 2.95. The quantitative estimate of drug-likeness (QED) is 0.786. The summed E-state index contributed by atoms with van der Waals surface area (Å²) < 4.78 is 0. The second-order valence-corrected chi connectivity index (χ2v) is 5.77. The Morgan fingerprint density at radius 3 is 2.21 bits per heavy atom. The van der Waals surface area contributed by atoms with Gasteiger partial charge in [0.05, 0.1) is 5.69 Å². The molecule has 4 nitrogen and oxygen atoms in total. The van der Waals surface area contributed by atoms with Gasteiger partial charge in [0.1, 0.15) is 6.04 Å². The second-order valence-electron chi connectivity index (χ2n) is 4.90. The van der Waals surface area contributed by atoms with Crippen LogP contribution in [0.4, 0.5) is 10.5 Å². The van der Waals surface area contributed by atoms with E-state index in [0.29, 0.717) is 15.7 Å². The molecule has 1 aromatic rings. The Balaban J connectivity index is 2.00. The number of carbonyl (C=O) groups is 2. The van der Waals surface area contributed by atoms with Crippen molar-refractivity contribution in [3.05, 3.63) is 28.2 Å². The summed E-state index contributed by atoms with van der Waals surface area (Å²) in [5.74, 6) is -0.227. The molecule has 0 radical (unpaired) electrons. The molecular formula is C13H12Cl2N2O2. The summed E-state index contributed by atoms with van der Waals surface area (Å²) >= 11 is 11.8. The van der Waals surface area contributed by atoms with Crippen LogP contribution in [0.2, 0.25) is 10.0 Å². The lowest BCUT2D eigenvalue weighted by molar-refractivity contribution is -0.119. The normalized spacial score (nSPS) is 23.4. The van der Waals surface area contributed by atoms with E-state index in [1.807, 2.05) is 0 Å². The van der Waals surface area contributed by atoms with Crippen molar-refractivity contribution in [1.82, 2.24) is 4.90 Å². The molecule has 1 aliphatic heterocycles. The Morgan fingerprint density at radius 2 is 1.68 bits per heavy atom. The minimum atomic E-state index is -0.419. The van der Waals surface area contributed by atoms with Crippen LogP contribution in [-0.2, 0) is 4.79 Å². The molecule has 6 heteroatoms. The number of urea groups is 1. The van der Waals surface area contributed by atoms with Crippen LogP contribution in [0, 0.1) is 0 Å². The first-order chi connectivity index (χ1) is 8.99. The standard InChI is InChI=1S/C13H12Cl2N2O2/c1-7-12(18)17(13(19)16(7)10-2-3-10)11-5-8(14)4-9(15)6-11/h4-7,10H,2-3H2,1H3. The lowest BCUT2D eigenvalue weighted by atomic mass is 10.2. The maximum absolute atomic E-state index is 12.4. The topological polar surface area (TPSA) is 40.6 Å². The summed E-state index contributed by atoms with van der Waals surface area (Å²) in [7, 11) is 0. The van der Waals surface area contributed by atoms with E-state index in [9.17, 15) is 9.59 Å². The molecule has 3 rings (SSSR count). The number of carbonyl (C=O) groups excluding carboxylic acids is 2.